The van der Waals surface area contributed by atoms with Crippen LogP contribution in [0.15, 0.2) is 42.4 Å². The summed E-state index contributed by atoms with van der Waals surface area (Å²) in [6.07, 6.45) is 8.44. The topological polar surface area (TPSA) is 49.2 Å². The average molecular weight is 323 g/mol. The number of aromatic nitrogens is 3. The van der Waals surface area contributed by atoms with Gasteiger partial charge in [-0.25, -0.2) is 9.97 Å². The van der Waals surface area contributed by atoms with Gasteiger partial charge in [-0.1, -0.05) is 6.58 Å². The number of fused-ring (bicyclic) bond motifs is 1. The van der Waals surface area contributed by atoms with E-state index < -0.39 is 0 Å². The first-order valence-corrected chi connectivity index (χ1v) is 8.28. The molecule has 0 N–H and O–H groups in total. The molecule has 0 saturated heterocycles. The molecule has 0 fully saturated rings. The van der Waals surface area contributed by atoms with Crippen LogP contribution in [0.3, 0.4) is 0 Å². The number of aryl methyl sites for hydroxylation is 1. The van der Waals surface area contributed by atoms with Crippen molar-refractivity contribution in [2.24, 2.45) is 7.05 Å². The van der Waals surface area contributed by atoms with Gasteiger partial charge >= 0.3 is 0 Å². The SMILES string of the molecule is C=C(C1=C(C)C(Oc2cc3c(cn2)CCO3)CC1)c1nccn1C. The van der Waals surface area contributed by atoms with Crippen molar-refractivity contribution in [3.05, 3.63) is 53.8 Å². The summed E-state index contributed by atoms with van der Waals surface area (Å²) in [4.78, 5) is 8.82. The molecule has 5 nitrogen and oxygen atoms in total. The number of hydrogen-bond donors (Lipinski definition) is 0. The number of allylic oxidation sites excluding steroid dienone is 2. The molecule has 24 heavy (non-hydrogen) atoms. The fourth-order valence-corrected chi connectivity index (χ4v) is 3.46. The normalized spacial score (nSPS) is 19.3. The minimum Gasteiger partial charge on any atom is -0.493 e. The second-order valence-corrected chi connectivity index (χ2v) is 6.38. The Morgan fingerprint density at radius 2 is 2.25 bits per heavy atom. The molecule has 0 aromatic carbocycles. The third kappa shape index (κ3) is 2.50. The Labute approximate surface area is 141 Å². The molecular weight excluding hydrogens is 302 g/mol. The number of nitrogens with zero attached hydrogens (tertiary/aromatic N) is 3. The quantitative estimate of drug-likeness (QED) is 0.866. The summed E-state index contributed by atoms with van der Waals surface area (Å²) in [6, 6.07) is 1.90. The Morgan fingerprint density at radius 3 is 3.04 bits per heavy atom. The molecule has 0 spiro atoms. The maximum absolute atomic E-state index is 6.12. The highest BCUT2D eigenvalue weighted by Crippen LogP contribution is 2.37. The van der Waals surface area contributed by atoms with Crippen LogP contribution >= 0.6 is 0 Å². The van der Waals surface area contributed by atoms with E-state index >= 15 is 0 Å². The van der Waals surface area contributed by atoms with Crippen molar-refractivity contribution in [3.8, 4) is 11.6 Å². The second kappa shape index (κ2) is 5.82. The maximum Gasteiger partial charge on any atom is 0.217 e. The van der Waals surface area contributed by atoms with Crippen molar-refractivity contribution < 1.29 is 9.47 Å². The number of imidazole rings is 1. The Hall–Kier alpha value is -2.56. The van der Waals surface area contributed by atoms with E-state index in [1.807, 2.05) is 30.1 Å². The van der Waals surface area contributed by atoms with Crippen molar-refractivity contribution in [1.82, 2.24) is 14.5 Å². The number of ether oxygens (including phenoxy) is 2. The fourth-order valence-electron chi connectivity index (χ4n) is 3.46. The van der Waals surface area contributed by atoms with Crippen LogP contribution in [0.1, 0.15) is 31.2 Å². The van der Waals surface area contributed by atoms with E-state index in [0.29, 0.717) is 5.88 Å². The van der Waals surface area contributed by atoms with Crippen LogP contribution in [0.4, 0.5) is 0 Å². The van der Waals surface area contributed by atoms with Gasteiger partial charge in [-0.05, 0) is 30.9 Å². The number of rotatable bonds is 4. The first-order chi connectivity index (χ1) is 11.6. The summed E-state index contributed by atoms with van der Waals surface area (Å²) in [5, 5.41) is 0. The van der Waals surface area contributed by atoms with Crippen LogP contribution < -0.4 is 9.47 Å². The van der Waals surface area contributed by atoms with E-state index in [1.165, 1.54) is 11.1 Å². The molecule has 3 heterocycles. The Morgan fingerprint density at radius 1 is 1.38 bits per heavy atom. The van der Waals surface area contributed by atoms with Crippen molar-refractivity contribution in [1.29, 1.82) is 0 Å². The van der Waals surface area contributed by atoms with Gasteiger partial charge in [0.2, 0.25) is 5.88 Å². The van der Waals surface area contributed by atoms with Gasteiger partial charge in [0.15, 0.2) is 0 Å². The lowest BCUT2D eigenvalue weighted by Crippen LogP contribution is -2.15. The lowest BCUT2D eigenvalue weighted by atomic mass is 10.0. The van der Waals surface area contributed by atoms with Crippen molar-refractivity contribution in [2.45, 2.75) is 32.3 Å². The van der Waals surface area contributed by atoms with Gasteiger partial charge < -0.3 is 14.0 Å². The zero-order valence-electron chi connectivity index (χ0n) is 14.1. The molecule has 1 unspecified atom stereocenters. The van der Waals surface area contributed by atoms with Crippen LogP contribution in [0, 0.1) is 0 Å². The van der Waals surface area contributed by atoms with Gasteiger partial charge in [0.1, 0.15) is 17.7 Å². The fraction of sp³-hybridized carbons (Fsp3) is 0.368. The van der Waals surface area contributed by atoms with Gasteiger partial charge in [-0.2, -0.15) is 0 Å². The first kappa shape index (κ1) is 15.0. The molecule has 4 rings (SSSR count). The van der Waals surface area contributed by atoms with Gasteiger partial charge in [0, 0.05) is 49.3 Å². The van der Waals surface area contributed by atoms with E-state index in [1.54, 1.807) is 6.20 Å². The zero-order chi connectivity index (χ0) is 16.7. The molecule has 5 heteroatoms. The predicted octanol–water partition coefficient (Wildman–Crippen LogP) is 3.32. The standard InChI is InChI=1S/C19H21N3O2/c1-12-15(13(2)19-20-7-8-22(19)3)4-5-16(12)24-18-10-17-14(11-21-18)6-9-23-17/h7-8,10-11,16H,2,4-6,9H2,1,3H3. The molecule has 2 aliphatic rings. The highest BCUT2D eigenvalue weighted by Gasteiger charge is 2.27. The lowest BCUT2D eigenvalue weighted by molar-refractivity contribution is 0.227. The van der Waals surface area contributed by atoms with E-state index in [4.69, 9.17) is 9.47 Å². The molecule has 0 bridgehead atoms. The minimum absolute atomic E-state index is 0.0315. The van der Waals surface area contributed by atoms with Crippen LogP contribution in [0.2, 0.25) is 0 Å². The van der Waals surface area contributed by atoms with Gasteiger partial charge in [0.05, 0.1) is 6.61 Å². The summed E-state index contributed by atoms with van der Waals surface area (Å²) in [5.41, 5.74) is 4.60. The molecule has 2 aromatic rings. The largest absolute Gasteiger partial charge is 0.493 e. The molecular formula is C19H21N3O2. The highest BCUT2D eigenvalue weighted by atomic mass is 16.5. The Bertz CT molecular complexity index is 835. The lowest BCUT2D eigenvalue weighted by Gasteiger charge is -2.15. The molecule has 1 atom stereocenters. The van der Waals surface area contributed by atoms with Crippen LogP contribution in [0.5, 0.6) is 11.6 Å². The molecule has 0 radical (unpaired) electrons. The van der Waals surface area contributed by atoms with E-state index in [-0.39, 0.29) is 6.10 Å². The van der Waals surface area contributed by atoms with E-state index in [0.717, 1.165) is 48.6 Å². The number of pyridine rings is 1. The minimum atomic E-state index is 0.0315. The Balaban J connectivity index is 1.54. The molecule has 0 amide bonds. The monoisotopic (exact) mass is 323 g/mol. The summed E-state index contributed by atoms with van der Waals surface area (Å²) < 4.78 is 13.7. The van der Waals surface area contributed by atoms with E-state index in [9.17, 15) is 0 Å². The zero-order valence-corrected chi connectivity index (χ0v) is 14.1. The van der Waals surface area contributed by atoms with Crippen LogP contribution in [-0.2, 0) is 13.5 Å². The maximum atomic E-state index is 6.12. The van der Waals surface area contributed by atoms with Gasteiger partial charge in [-0.3, -0.25) is 0 Å². The van der Waals surface area contributed by atoms with Crippen molar-refractivity contribution in [3.63, 3.8) is 0 Å². The predicted molar refractivity (Wildman–Crippen MR) is 92.0 cm³/mol. The molecule has 0 saturated carbocycles. The van der Waals surface area contributed by atoms with E-state index in [2.05, 4.69) is 23.5 Å². The first-order valence-electron chi connectivity index (χ1n) is 8.28. The third-order valence-corrected chi connectivity index (χ3v) is 4.88. The van der Waals surface area contributed by atoms with Crippen molar-refractivity contribution >= 4 is 5.57 Å². The van der Waals surface area contributed by atoms with Gasteiger partial charge in [-0.15, -0.1) is 0 Å². The molecule has 124 valence electrons. The molecule has 1 aliphatic carbocycles. The summed E-state index contributed by atoms with van der Waals surface area (Å²) in [7, 11) is 1.99. The third-order valence-electron chi connectivity index (χ3n) is 4.88. The van der Waals surface area contributed by atoms with Crippen molar-refractivity contribution in [2.75, 3.05) is 6.61 Å². The summed E-state index contributed by atoms with van der Waals surface area (Å²) >= 11 is 0. The van der Waals surface area contributed by atoms with Crippen LogP contribution in [-0.4, -0.2) is 27.2 Å². The number of hydrogen-bond acceptors (Lipinski definition) is 4. The Kier molecular flexibility index (Phi) is 3.63. The molecule has 2 aromatic heterocycles. The average Bonchev–Trinajstić information content (AvgIpc) is 3.28. The van der Waals surface area contributed by atoms with Gasteiger partial charge in [0.25, 0.3) is 0 Å². The van der Waals surface area contributed by atoms with Crippen LogP contribution in [0.25, 0.3) is 5.57 Å². The summed E-state index contributed by atoms with van der Waals surface area (Å²) in [6.45, 7) is 7.10. The second-order valence-electron chi connectivity index (χ2n) is 6.38. The summed E-state index contributed by atoms with van der Waals surface area (Å²) in [5.74, 6) is 2.44. The highest BCUT2D eigenvalue weighted by molar-refractivity contribution is 5.75. The molecule has 1 aliphatic heterocycles. The smallest absolute Gasteiger partial charge is 0.217 e.